The molecule has 3 heterocycles. The fourth-order valence-electron chi connectivity index (χ4n) is 4.66. The highest BCUT2D eigenvalue weighted by atomic mass is 15.1. The number of aryl methyl sites for hydroxylation is 2. The molecule has 3 aromatic carbocycles. The number of pyridine rings is 1. The van der Waals surface area contributed by atoms with Gasteiger partial charge in [0.1, 0.15) is 5.65 Å². The Morgan fingerprint density at radius 1 is 0.692 bits per heavy atom. The molecule has 0 atom stereocenters. The third kappa shape index (κ3) is 1.57. The van der Waals surface area contributed by atoms with Crippen molar-refractivity contribution in [2.24, 2.45) is 0 Å². The lowest BCUT2D eigenvalue weighted by atomic mass is 9.99. The standard InChI is InChI=1S/C24H18N2/c1-15-7-5-8-16(2)22(15)21-14-25-13-17-9-6-11-19-18-10-3-4-12-20(18)26(21)24(25)23(17)19/h3-14H,1-2H3. The highest BCUT2D eigenvalue weighted by Gasteiger charge is 2.20. The summed E-state index contributed by atoms with van der Waals surface area (Å²) < 4.78 is 4.74. The van der Waals surface area contributed by atoms with E-state index in [-0.39, 0.29) is 0 Å². The minimum absolute atomic E-state index is 1.26. The highest BCUT2D eigenvalue weighted by molar-refractivity contribution is 6.19. The first-order valence-corrected chi connectivity index (χ1v) is 9.05. The quantitative estimate of drug-likeness (QED) is 0.316. The predicted molar refractivity (Wildman–Crippen MR) is 109 cm³/mol. The van der Waals surface area contributed by atoms with Gasteiger partial charge in [-0.25, -0.2) is 0 Å². The van der Waals surface area contributed by atoms with E-state index in [4.69, 9.17) is 0 Å². The van der Waals surface area contributed by atoms with Crippen LogP contribution < -0.4 is 0 Å². The zero-order chi connectivity index (χ0) is 17.4. The number of para-hydroxylation sites is 1. The number of hydrogen-bond acceptors (Lipinski definition) is 0. The van der Waals surface area contributed by atoms with Gasteiger partial charge in [-0.3, -0.25) is 4.40 Å². The van der Waals surface area contributed by atoms with E-state index in [0.29, 0.717) is 0 Å². The van der Waals surface area contributed by atoms with Gasteiger partial charge >= 0.3 is 0 Å². The summed E-state index contributed by atoms with van der Waals surface area (Å²) in [5.74, 6) is 0. The van der Waals surface area contributed by atoms with Crippen molar-refractivity contribution >= 4 is 32.7 Å². The molecule has 6 aromatic rings. The molecule has 3 aromatic heterocycles. The summed E-state index contributed by atoms with van der Waals surface area (Å²) in [4.78, 5) is 0. The fourth-order valence-corrected chi connectivity index (χ4v) is 4.66. The second-order valence-electron chi connectivity index (χ2n) is 7.26. The summed E-state index contributed by atoms with van der Waals surface area (Å²) in [5, 5.41) is 5.29. The molecule has 0 saturated carbocycles. The molecule has 0 aliphatic carbocycles. The molecule has 0 amide bonds. The molecule has 124 valence electrons. The van der Waals surface area contributed by atoms with Crippen molar-refractivity contribution in [3.8, 4) is 11.3 Å². The van der Waals surface area contributed by atoms with E-state index in [1.165, 1.54) is 55.1 Å². The average Bonchev–Trinajstić information content (AvgIpc) is 3.18. The van der Waals surface area contributed by atoms with Crippen LogP contribution in [0.1, 0.15) is 11.1 Å². The van der Waals surface area contributed by atoms with Gasteiger partial charge in [0, 0.05) is 34.1 Å². The number of rotatable bonds is 1. The molecule has 0 saturated heterocycles. The topological polar surface area (TPSA) is 8.82 Å². The van der Waals surface area contributed by atoms with E-state index in [9.17, 15) is 0 Å². The molecule has 0 radical (unpaired) electrons. The SMILES string of the molecule is Cc1cccc(C)c1-c1cn2cc3cccc4c5ccccc5n1c2c34. The second kappa shape index (κ2) is 4.67. The molecule has 0 N–H and O–H groups in total. The molecule has 0 aliphatic rings. The Balaban J connectivity index is 1.95. The first-order valence-electron chi connectivity index (χ1n) is 9.05. The van der Waals surface area contributed by atoms with Gasteiger partial charge in [0.2, 0.25) is 0 Å². The summed E-state index contributed by atoms with van der Waals surface area (Å²) in [6, 6.07) is 21.9. The largest absolute Gasteiger partial charge is 0.306 e. The minimum Gasteiger partial charge on any atom is -0.306 e. The van der Waals surface area contributed by atoms with Gasteiger partial charge in [-0.15, -0.1) is 0 Å². The van der Waals surface area contributed by atoms with Crippen molar-refractivity contribution in [1.82, 2.24) is 8.80 Å². The van der Waals surface area contributed by atoms with Crippen LogP contribution in [0.25, 0.3) is 44.0 Å². The molecule has 0 spiro atoms. The van der Waals surface area contributed by atoms with Crippen molar-refractivity contribution in [1.29, 1.82) is 0 Å². The number of fused-ring (bicyclic) bond motifs is 3. The minimum atomic E-state index is 1.26. The monoisotopic (exact) mass is 334 g/mol. The number of nitrogens with zero attached hydrogens (tertiary/aromatic N) is 2. The van der Waals surface area contributed by atoms with Crippen molar-refractivity contribution in [3.63, 3.8) is 0 Å². The van der Waals surface area contributed by atoms with Crippen LogP contribution >= 0.6 is 0 Å². The summed E-state index contributed by atoms with van der Waals surface area (Å²) in [7, 11) is 0. The Morgan fingerprint density at radius 2 is 1.42 bits per heavy atom. The first kappa shape index (κ1) is 14.0. The molecule has 2 nitrogen and oxygen atoms in total. The van der Waals surface area contributed by atoms with Gasteiger partial charge in [0.05, 0.1) is 11.2 Å². The maximum Gasteiger partial charge on any atom is 0.130 e. The van der Waals surface area contributed by atoms with E-state index in [0.717, 1.165) is 0 Å². The maximum atomic E-state index is 2.44. The van der Waals surface area contributed by atoms with Crippen LogP contribution in [0.3, 0.4) is 0 Å². The molecule has 0 unspecified atom stereocenters. The Labute approximate surface area is 151 Å². The molecule has 26 heavy (non-hydrogen) atoms. The second-order valence-corrected chi connectivity index (χ2v) is 7.26. The summed E-state index contributed by atoms with van der Waals surface area (Å²) in [5.41, 5.74) is 7.76. The van der Waals surface area contributed by atoms with Crippen LogP contribution in [-0.4, -0.2) is 8.80 Å². The van der Waals surface area contributed by atoms with Gasteiger partial charge in [-0.2, -0.15) is 0 Å². The van der Waals surface area contributed by atoms with Gasteiger partial charge < -0.3 is 4.40 Å². The lowest BCUT2D eigenvalue weighted by molar-refractivity contribution is 1.21. The molecular formula is C24H18N2. The molecule has 2 heteroatoms. The van der Waals surface area contributed by atoms with Crippen LogP contribution in [0.5, 0.6) is 0 Å². The van der Waals surface area contributed by atoms with Gasteiger partial charge in [-0.1, -0.05) is 54.6 Å². The van der Waals surface area contributed by atoms with Crippen molar-refractivity contribution < 1.29 is 0 Å². The third-order valence-corrected chi connectivity index (χ3v) is 5.73. The van der Waals surface area contributed by atoms with Gasteiger partial charge in [0.25, 0.3) is 0 Å². The molecule has 0 fully saturated rings. The summed E-state index contributed by atoms with van der Waals surface area (Å²) in [6.45, 7) is 4.41. The Kier molecular flexibility index (Phi) is 2.51. The predicted octanol–water partition coefficient (Wildman–Crippen LogP) is 6.22. The summed E-state index contributed by atoms with van der Waals surface area (Å²) in [6.07, 6.45) is 4.55. The van der Waals surface area contributed by atoms with Crippen molar-refractivity contribution in [2.45, 2.75) is 13.8 Å². The molecule has 0 aliphatic heterocycles. The Morgan fingerprint density at radius 3 is 2.27 bits per heavy atom. The van der Waals surface area contributed by atoms with E-state index in [1.807, 2.05) is 0 Å². The lowest BCUT2D eigenvalue weighted by Gasteiger charge is -2.13. The van der Waals surface area contributed by atoms with E-state index < -0.39 is 0 Å². The Bertz CT molecular complexity index is 1430. The number of hydrogen-bond donors (Lipinski definition) is 0. The molecule has 6 rings (SSSR count). The zero-order valence-electron chi connectivity index (χ0n) is 14.8. The van der Waals surface area contributed by atoms with Crippen LogP contribution in [0.15, 0.2) is 73.1 Å². The van der Waals surface area contributed by atoms with Crippen LogP contribution in [-0.2, 0) is 0 Å². The first-order chi connectivity index (χ1) is 12.7. The number of imidazole rings is 1. The molecule has 0 bridgehead atoms. The lowest BCUT2D eigenvalue weighted by Crippen LogP contribution is -1.96. The Hall–Kier alpha value is -3.26. The fraction of sp³-hybridized carbons (Fsp3) is 0.0833. The van der Waals surface area contributed by atoms with E-state index in [2.05, 4.69) is 95.7 Å². The van der Waals surface area contributed by atoms with Crippen LogP contribution in [0, 0.1) is 13.8 Å². The smallest absolute Gasteiger partial charge is 0.130 e. The zero-order valence-corrected chi connectivity index (χ0v) is 14.8. The van der Waals surface area contributed by atoms with Gasteiger partial charge in [0.15, 0.2) is 0 Å². The maximum absolute atomic E-state index is 2.44. The van der Waals surface area contributed by atoms with Crippen molar-refractivity contribution in [2.75, 3.05) is 0 Å². The van der Waals surface area contributed by atoms with Crippen molar-refractivity contribution in [3.05, 3.63) is 84.2 Å². The highest BCUT2D eigenvalue weighted by Crippen LogP contribution is 2.39. The third-order valence-electron chi connectivity index (χ3n) is 5.73. The normalized spacial score (nSPS) is 12.2. The van der Waals surface area contributed by atoms with E-state index in [1.54, 1.807) is 0 Å². The average molecular weight is 334 g/mol. The number of benzene rings is 3. The van der Waals surface area contributed by atoms with Crippen LogP contribution in [0.4, 0.5) is 0 Å². The molecular weight excluding hydrogens is 316 g/mol. The van der Waals surface area contributed by atoms with Gasteiger partial charge in [-0.05, 0) is 36.4 Å². The summed E-state index contributed by atoms with van der Waals surface area (Å²) >= 11 is 0. The van der Waals surface area contributed by atoms with E-state index >= 15 is 0 Å². The van der Waals surface area contributed by atoms with Crippen LogP contribution in [0.2, 0.25) is 0 Å². The number of aromatic nitrogens is 2.